The van der Waals surface area contributed by atoms with E-state index in [1.807, 2.05) is 12.1 Å². The Labute approximate surface area is 112 Å². The van der Waals surface area contributed by atoms with Crippen molar-refractivity contribution in [2.75, 3.05) is 13.2 Å². The fraction of sp³-hybridized carbons (Fsp3) is 0.250. The Kier molecular flexibility index (Phi) is 3.89. The first-order valence-corrected chi connectivity index (χ1v) is 6.41. The zero-order chi connectivity index (χ0) is 12.9. The third-order valence-electron chi connectivity index (χ3n) is 2.79. The molecule has 0 saturated carbocycles. The van der Waals surface area contributed by atoms with Crippen LogP contribution in [0.2, 0.25) is 0 Å². The van der Waals surface area contributed by atoms with Crippen molar-refractivity contribution in [1.82, 2.24) is 0 Å². The molecule has 4 rings (SSSR count). The van der Waals surface area contributed by atoms with Crippen LogP contribution in [0.4, 0.5) is 0 Å². The van der Waals surface area contributed by atoms with E-state index in [4.69, 9.17) is 14.2 Å². The Morgan fingerprint density at radius 2 is 1.05 bits per heavy atom. The van der Waals surface area contributed by atoms with Crippen LogP contribution in [0.5, 0.6) is 0 Å². The fourth-order valence-corrected chi connectivity index (χ4v) is 1.67. The molecule has 98 valence electrons. The van der Waals surface area contributed by atoms with Crippen LogP contribution < -0.4 is 0 Å². The molecule has 3 heteroatoms. The summed E-state index contributed by atoms with van der Waals surface area (Å²) in [5.41, 5.74) is 2.55. The second-order valence-electron chi connectivity index (χ2n) is 4.39. The molecule has 0 radical (unpaired) electrons. The number of ether oxygens (including phenoxy) is 3. The summed E-state index contributed by atoms with van der Waals surface area (Å²) in [7, 11) is 0. The van der Waals surface area contributed by atoms with Gasteiger partial charge in [0.25, 0.3) is 0 Å². The number of hydrogen-bond donors (Lipinski definition) is 0. The van der Waals surface area contributed by atoms with E-state index in [1.54, 1.807) is 0 Å². The maximum atomic E-state index is 5.03. The molecule has 0 N–H and O–H groups in total. The lowest BCUT2D eigenvalue weighted by atomic mass is 10.1. The smallest absolute Gasteiger partial charge is 0.184 e. The predicted octanol–water partition coefficient (Wildman–Crippen LogP) is 3.07. The molecular weight excluding hydrogens is 240 g/mol. The van der Waals surface area contributed by atoms with Crippen LogP contribution in [0, 0.1) is 0 Å². The van der Waals surface area contributed by atoms with Gasteiger partial charge >= 0.3 is 0 Å². The van der Waals surface area contributed by atoms with Gasteiger partial charge in [-0.05, 0) is 11.1 Å². The lowest BCUT2D eigenvalue weighted by molar-refractivity contribution is -0.00984. The van der Waals surface area contributed by atoms with E-state index < -0.39 is 0 Å². The summed E-state index contributed by atoms with van der Waals surface area (Å²) in [4.78, 5) is 0. The lowest BCUT2D eigenvalue weighted by Gasteiger charge is -1.98. The molecule has 2 aromatic carbocycles. The largest absolute Gasteiger partial charge is 0.345 e. The molecule has 2 aliphatic rings. The summed E-state index contributed by atoms with van der Waals surface area (Å²) in [5, 5.41) is 0. The monoisotopic (exact) mass is 256 g/mol. The second-order valence-corrected chi connectivity index (χ2v) is 4.39. The van der Waals surface area contributed by atoms with Crippen molar-refractivity contribution >= 4 is 0 Å². The minimum Gasteiger partial charge on any atom is -0.345 e. The van der Waals surface area contributed by atoms with Crippen LogP contribution in [-0.4, -0.2) is 25.8 Å². The summed E-state index contributed by atoms with van der Waals surface area (Å²) >= 11 is 0. The summed E-state index contributed by atoms with van der Waals surface area (Å²) < 4.78 is 14.5. The molecule has 0 aromatic heterocycles. The number of rotatable bonds is 3. The van der Waals surface area contributed by atoms with Gasteiger partial charge in [0.05, 0.1) is 0 Å². The fourth-order valence-electron chi connectivity index (χ4n) is 1.67. The molecule has 2 aliphatic heterocycles. The van der Waals surface area contributed by atoms with Crippen LogP contribution in [0.3, 0.4) is 0 Å². The van der Waals surface area contributed by atoms with Crippen molar-refractivity contribution in [3.05, 3.63) is 60.7 Å². The van der Waals surface area contributed by atoms with E-state index in [1.165, 1.54) is 11.1 Å². The van der Waals surface area contributed by atoms with E-state index in [-0.39, 0.29) is 12.6 Å². The molecule has 0 bridgehead atoms. The van der Waals surface area contributed by atoms with E-state index in [0.29, 0.717) is 0 Å². The minimum absolute atomic E-state index is 0.0625. The highest BCUT2D eigenvalue weighted by atomic mass is 16.9. The van der Waals surface area contributed by atoms with E-state index in [2.05, 4.69) is 48.5 Å². The summed E-state index contributed by atoms with van der Waals surface area (Å²) in [6.07, 6.45) is 0.125. The quantitative estimate of drug-likeness (QED) is 0.791. The molecule has 0 aliphatic carbocycles. The van der Waals surface area contributed by atoms with E-state index in [9.17, 15) is 0 Å². The highest BCUT2D eigenvalue weighted by molar-refractivity contribution is 5.62. The van der Waals surface area contributed by atoms with E-state index in [0.717, 1.165) is 13.2 Å². The number of hydrogen-bond acceptors (Lipinski definition) is 3. The van der Waals surface area contributed by atoms with Crippen molar-refractivity contribution in [3.63, 3.8) is 0 Å². The van der Waals surface area contributed by atoms with Crippen LogP contribution in [0.25, 0.3) is 11.1 Å². The van der Waals surface area contributed by atoms with Crippen molar-refractivity contribution in [2.24, 2.45) is 0 Å². The maximum absolute atomic E-state index is 5.03. The molecule has 0 spiro atoms. The number of epoxide rings is 2. The van der Waals surface area contributed by atoms with Gasteiger partial charge in [-0.15, -0.1) is 0 Å². The second kappa shape index (κ2) is 5.97. The van der Waals surface area contributed by atoms with Gasteiger partial charge in [-0.3, -0.25) is 0 Å². The number of benzene rings is 2. The molecule has 19 heavy (non-hydrogen) atoms. The molecule has 2 saturated heterocycles. The molecule has 2 unspecified atom stereocenters. The van der Waals surface area contributed by atoms with Gasteiger partial charge in [-0.25, -0.2) is 0 Å². The Morgan fingerprint density at radius 3 is 1.37 bits per heavy atom. The van der Waals surface area contributed by atoms with Crippen molar-refractivity contribution < 1.29 is 14.2 Å². The maximum Gasteiger partial charge on any atom is 0.184 e. The summed E-state index contributed by atoms with van der Waals surface area (Å²) in [6.45, 7) is 1.50. The molecule has 2 fully saturated rings. The zero-order valence-corrected chi connectivity index (χ0v) is 10.6. The molecule has 3 nitrogen and oxygen atoms in total. The van der Waals surface area contributed by atoms with Gasteiger partial charge in [-0.1, -0.05) is 60.7 Å². The van der Waals surface area contributed by atoms with Crippen LogP contribution in [-0.2, 0) is 14.2 Å². The third-order valence-corrected chi connectivity index (χ3v) is 2.79. The highest BCUT2D eigenvalue weighted by Gasteiger charge is 2.33. The Balaban J connectivity index is 0.000000132. The SMILES string of the molecule is C1OC1OC1CO1.c1ccc(-c2ccccc2)cc1. The van der Waals surface area contributed by atoms with Gasteiger partial charge in [0.15, 0.2) is 12.6 Å². The molecule has 2 heterocycles. The van der Waals surface area contributed by atoms with Gasteiger partial charge in [0, 0.05) is 0 Å². The van der Waals surface area contributed by atoms with Crippen molar-refractivity contribution in [3.8, 4) is 11.1 Å². The Morgan fingerprint density at radius 1 is 0.684 bits per heavy atom. The van der Waals surface area contributed by atoms with Crippen molar-refractivity contribution in [1.29, 1.82) is 0 Å². The summed E-state index contributed by atoms with van der Waals surface area (Å²) in [5.74, 6) is 0. The topological polar surface area (TPSA) is 34.3 Å². The van der Waals surface area contributed by atoms with Gasteiger partial charge < -0.3 is 14.2 Å². The lowest BCUT2D eigenvalue weighted by Crippen LogP contribution is -1.97. The summed E-state index contributed by atoms with van der Waals surface area (Å²) in [6, 6.07) is 20.8. The standard InChI is InChI=1S/C12H10.C4H6O3/c1-3-7-11(8-4-1)12-9-5-2-6-10-12;1-3(5-1)7-4-2-6-4/h1-10H;3-4H,1-2H2. The Hall–Kier alpha value is -1.68. The normalized spacial score (nSPS) is 23.2. The van der Waals surface area contributed by atoms with Gasteiger partial charge in [0.2, 0.25) is 0 Å². The van der Waals surface area contributed by atoms with E-state index >= 15 is 0 Å². The van der Waals surface area contributed by atoms with Crippen LogP contribution in [0.15, 0.2) is 60.7 Å². The molecule has 2 aromatic rings. The van der Waals surface area contributed by atoms with Crippen LogP contribution in [0.1, 0.15) is 0 Å². The predicted molar refractivity (Wildman–Crippen MR) is 72.4 cm³/mol. The third kappa shape index (κ3) is 4.17. The first-order chi connectivity index (χ1) is 9.42. The minimum atomic E-state index is 0.0625. The molecule has 2 atom stereocenters. The molecular formula is C16H16O3. The first-order valence-electron chi connectivity index (χ1n) is 6.41. The highest BCUT2D eigenvalue weighted by Crippen LogP contribution is 2.20. The zero-order valence-electron chi connectivity index (χ0n) is 10.6. The van der Waals surface area contributed by atoms with Gasteiger partial charge in [-0.2, -0.15) is 0 Å². The van der Waals surface area contributed by atoms with Crippen LogP contribution >= 0.6 is 0 Å². The Bertz CT molecular complexity index is 442. The van der Waals surface area contributed by atoms with Crippen molar-refractivity contribution in [2.45, 2.75) is 12.6 Å². The molecule has 0 amide bonds. The first kappa shape index (κ1) is 12.4. The average Bonchev–Trinajstić information content (AvgIpc) is 3.40. The average molecular weight is 256 g/mol. The van der Waals surface area contributed by atoms with Gasteiger partial charge in [0.1, 0.15) is 13.2 Å².